The van der Waals surface area contributed by atoms with Crippen LogP contribution in [0.5, 0.6) is 0 Å². The lowest BCUT2D eigenvalue weighted by Gasteiger charge is -2.45. The van der Waals surface area contributed by atoms with Gasteiger partial charge in [0.2, 0.25) is 0 Å². The Bertz CT molecular complexity index is 543. The summed E-state index contributed by atoms with van der Waals surface area (Å²) in [5, 5.41) is 12.2. The highest BCUT2D eigenvalue weighted by Crippen LogP contribution is 2.30. The molecule has 5 nitrogen and oxygen atoms in total. The van der Waals surface area contributed by atoms with Gasteiger partial charge in [0.25, 0.3) is 0 Å². The van der Waals surface area contributed by atoms with E-state index >= 15 is 0 Å². The number of benzene rings is 1. The van der Waals surface area contributed by atoms with Gasteiger partial charge in [0.15, 0.2) is 5.84 Å². The largest absolute Gasteiger partial charge is 0.409 e. The molecule has 2 heterocycles. The number of hydrogen-bond acceptors (Lipinski definition) is 4. The number of nitrogens with zero attached hydrogens (tertiary/aromatic N) is 3. The second-order valence-corrected chi connectivity index (χ2v) is 6.09. The van der Waals surface area contributed by atoms with Crippen molar-refractivity contribution < 1.29 is 5.21 Å². The maximum absolute atomic E-state index is 9.03. The Balaban J connectivity index is 1.90. The quantitative estimate of drug-likeness (QED) is 0.377. The van der Waals surface area contributed by atoms with E-state index in [0.29, 0.717) is 6.04 Å². The predicted molar refractivity (Wildman–Crippen MR) is 85.1 cm³/mol. The number of anilines is 1. The van der Waals surface area contributed by atoms with Crippen LogP contribution in [0, 0.1) is 6.92 Å². The van der Waals surface area contributed by atoms with E-state index in [1.165, 1.54) is 31.4 Å². The summed E-state index contributed by atoms with van der Waals surface area (Å²) in [6.45, 7) is 6.48. The van der Waals surface area contributed by atoms with E-state index in [2.05, 4.69) is 27.9 Å². The van der Waals surface area contributed by atoms with Gasteiger partial charge in [0.1, 0.15) is 0 Å². The SMILES string of the molecule is Cc1cccc(/C(N)=N/O)c1N1CCN2CCCCC2C1. The van der Waals surface area contributed by atoms with Gasteiger partial charge in [-0.3, -0.25) is 4.90 Å². The lowest BCUT2D eigenvalue weighted by molar-refractivity contribution is 0.133. The van der Waals surface area contributed by atoms with E-state index < -0.39 is 0 Å². The highest BCUT2D eigenvalue weighted by atomic mass is 16.4. The molecule has 0 saturated carbocycles. The Kier molecular flexibility index (Phi) is 4.01. The number of amidine groups is 1. The van der Waals surface area contributed by atoms with Gasteiger partial charge in [-0.05, 0) is 37.9 Å². The second kappa shape index (κ2) is 5.93. The molecule has 5 heteroatoms. The average Bonchev–Trinajstić information content (AvgIpc) is 2.53. The van der Waals surface area contributed by atoms with Crippen LogP contribution in [0.4, 0.5) is 5.69 Å². The number of nitrogens with two attached hydrogens (primary N) is 1. The van der Waals surface area contributed by atoms with Crippen LogP contribution in [-0.4, -0.2) is 48.2 Å². The monoisotopic (exact) mass is 288 g/mol. The molecule has 0 spiro atoms. The molecule has 2 aliphatic rings. The first kappa shape index (κ1) is 14.2. The zero-order valence-corrected chi connectivity index (χ0v) is 12.6. The normalized spacial score (nSPS) is 24.0. The van der Waals surface area contributed by atoms with Crippen LogP contribution in [0.15, 0.2) is 23.4 Å². The van der Waals surface area contributed by atoms with Crippen LogP contribution < -0.4 is 10.6 Å². The van der Waals surface area contributed by atoms with E-state index in [4.69, 9.17) is 10.9 Å². The van der Waals surface area contributed by atoms with Crippen LogP contribution in [0.25, 0.3) is 0 Å². The number of para-hydroxylation sites is 1. The minimum Gasteiger partial charge on any atom is -0.409 e. The first-order valence-electron chi connectivity index (χ1n) is 7.77. The molecule has 1 atom stereocenters. The molecule has 2 fully saturated rings. The summed E-state index contributed by atoms with van der Waals surface area (Å²) >= 11 is 0. The first-order chi connectivity index (χ1) is 10.2. The van der Waals surface area contributed by atoms with Gasteiger partial charge in [-0.15, -0.1) is 0 Å². The van der Waals surface area contributed by atoms with E-state index in [0.717, 1.165) is 30.9 Å². The van der Waals surface area contributed by atoms with Gasteiger partial charge in [-0.1, -0.05) is 23.7 Å². The first-order valence-corrected chi connectivity index (χ1v) is 7.77. The molecule has 2 aliphatic heterocycles. The van der Waals surface area contributed by atoms with Crippen molar-refractivity contribution >= 4 is 11.5 Å². The molecule has 0 bridgehead atoms. The molecule has 114 valence electrons. The van der Waals surface area contributed by atoms with Gasteiger partial charge in [-0.2, -0.15) is 0 Å². The molecule has 0 aliphatic carbocycles. The fraction of sp³-hybridized carbons (Fsp3) is 0.562. The van der Waals surface area contributed by atoms with Gasteiger partial charge in [0, 0.05) is 31.2 Å². The maximum Gasteiger partial charge on any atom is 0.172 e. The van der Waals surface area contributed by atoms with Gasteiger partial charge in [-0.25, -0.2) is 0 Å². The third-order valence-corrected chi connectivity index (χ3v) is 4.78. The van der Waals surface area contributed by atoms with Crippen LogP contribution >= 0.6 is 0 Å². The van der Waals surface area contributed by atoms with Crippen molar-refractivity contribution in [3.63, 3.8) is 0 Å². The summed E-state index contributed by atoms with van der Waals surface area (Å²) in [5.74, 6) is 0.194. The Labute approximate surface area is 126 Å². The highest BCUT2D eigenvalue weighted by molar-refractivity contribution is 6.02. The molecule has 1 unspecified atom stereocenters. The molecule has 21 heavy (non-hydrogen) atoms. The standard InChI is InChI=1S/C16H24N4O/c1-12-5-4-7-14(16(17)18-21)15(12)20-10-9-19-8-3-2-6-13(19)11-20/h4-5,7,13,21H,2-3,6,8-11H2,1H3,(H2,17,18). The smallest absolute Gasteiger partial charge is 0.172 e. The summed E-state index contributed by atoms with van der Waals surface area (Å²) in [5.41, 5.74) is 9.01. The number of hydrogen-bond donors (Lipinski definition) is 2. The van der Waals surface area contributed by atoms with Crippen molar-refractivity contribution in [2.45, 2.75) is 32.2 Å². The molecular formula is C16H24N4O. The number of aryl methyl sites for hydroxylation is 1. The van der Waals surface area contributed by atoms with Crippen LogP contribution in [0.3, 0.4) is 0 Å². The van der Waals surface area contributed by atoms with Crippen LogP contribution in [-0.2, 0) is 0 Å². The summed E-state index contributed by atoms with van der Waals surface area (Å²) in [6, 6.07) is 6.64. The fourth-order valence-electron chi connectivity index (χ4n) is 3.70. The number of piperidine rings is 1. The summed E-state index contributed by atoms with van der Waals surface area (Å²) < 4.78 is 0. The zero-order chi connectivity index (χ0) is 14.8. The minimum atomic E-state index is 0.194. The minimum absolute atomic E-state index is 0.194. The lowest BCUT2D eigenvalue weighted by atomic mass is 9.97. The maximum atomic E-state index is 9.03. The number of oxime groups is 1. The third kappa shape index (κ3) is 2.70. The second-order valence-electron chi connectivity index (χ2n) is 6.09. The molecule has 0 amide bonds. The van der Waals surface area contributed by atoms with Crippen molar-refractivity contribution in [2.24, 2.45) is 10.9 Å². The molecule has 1 aromatic rings. The molecular weight excluding hydrogens is 264 g/mol. The lowest BCUT2D eigenvalue weighted by Crippen LogP contribution is -2.55. The molecule has 0 radical (unpaired) electrons. The van der Waals surface area contributed by atoms with E-state index in [9.17, 15) is 0 Å². The van der Waals surface area contributed by atoms with Crippen molar-refractivity contribution in [1.82, 2.24) is 4.90 Å². The van der Waals surface area contributed by atoms with Gasteiger partial charge < -0.3 is 15.8 Å². The molecule has 1 aromatic carbocycles. The Morgan fingerprint density at radius 1 is 1.29 bits per heavy atom. The Morgan fingerprint density at radius 2 is 2.14 bits per heavy atom. The zero-order valence-electron chi connectivity index (χ0n) is 12.6. The van der Waals surface area contributed by atoms with Gasteiger partial charge in [0.05, 0.1) is 5.69 Å². The topological polar surface area (TPSA) is 65.1 Å². The van der Waals surface area contributed by atoms with Crippen molar-refractivity contribution in [3.8, 4) is 0 Å². The number of rotatable bonds is 2. The molecule has 3 N–H and O–H groups in total. The summed E-state index contributed by atoms with van der Waals surface area (Å²) in [6.07, 6.45) is 3.94. The van der Waals surface area contributed by atoms with Gasteiger partial charge >= 0.3 is 0 Å². The molecule has 3 rings (SSSR count). The average molecular weight is 288 g/mol. The highest BCUT2D eigenvalue weighted by Gasteiger charge is 2.30. The molecule has 0 aromatic heterocycles. The summed E-state index contributed by atoms with van der Waals surface area (Å²) in [4.78, 5) is 5.02. The van der Waals surface area contributed by atoms with Crippen LogP contribution in [0.1, 0.15) is 30.4 Å². The van der Waals surface area contributed by atoms with E-state index in [1.54, 1.807) is 0 Å². The van der Waals surface area contributed by atoms with Crippen molar-refractivity contribution in [3.05, 3.63) is 29.3 Å². The fourth-order valence-corrected chi connectivity index (χ4v) is 3.70. The van der Waals surface area contributed by atoms with E-state index in [-0.39, 0.29) is 5.84 Å². The van der Waals surface area contributed by atoms with Crippen LogP contribution in [0.2, 0.25) is 0 Å². The van der Waals surface area contributed by atoms with Crippen molar-refractivity contribution in [1.29, 1.82) is 0 Å². The summed E-state index contributed by atoms with van der Waals surface area (Å²) in [7, 11) is 0. The Morgan fingerprint density at radius 3 is 2.95 bits per heavy atom. The molecule has 2 saturated heterocycles. The Hall–Kier alpha value is -1.75. The van der Waals surface area contributed by atoms with Crippen molar-refractivity contribution in [2.75, 3.05) is 31.1 Å². The predicted octanol–water partition coefficient (Wildman–Crippen LogP) is 1.76. The third-order valence-electron chi connectivity index (χ3n) is 4.78. The number of fused-ring (bicyclic) bond motifs is 1. The van der Waals surface area contributed by atoms with E-state index in [1.807, 2.05) is 12.1 Å². The number of piperazine rings is 1.